The number of hydrogen-bond acceptors (Lipinski definition) is 4. The summed E-state index contributed by atoms with van der Waals surface area (Å²) in [5.41, 5.74) is -0.307. The molecule has 3 rings (SSSR count). The molecule has 1 amide bonds. The third-order valence-electron chi connectivity index (χ3n) is 5.20. The second kappa shape index (κ2) is 6.79. The van der Waals surface area contributed by atoms with E-state index in [0.29, 0.717) is 18.5 Å². The fourth-order valence-electron chi connectivity index (χ4n) is 3.49. The minimum Gasteiger partial charge on any atom is -0.481 e. The maximum absolute atomic E-state index is 12.6. The Morgan fingerprint density at radius 3 is 2.38 bits per heavy atom. The number of likely N-dealkylation sites (tertiary alicyclic amines) is 1. The first-order valence-corrected chi connectivity index (χ1v) is 8.73. The fraction of sp³-hybridized carbons (Fsp3) is 0.611. The van der Waals surface area contributed by atoms with Gasteiger partial charge in [-0.2, -0.15) is 0 Å². The molecule has 3 heterocycles. The van der Waals surface area contributed by atoms with Crippen LogP contribution in [0.25, 0.3) is 0 Å². The van der Waals surface area contributed by atoms with Crippen LogP contribution in [0.5, 0.6) is 0 Å². The zero-order valence-electron chi connectivity index (χ0n) is 14.2. The highest BCUT2D eigenvalue weighted by molar-refractivity contribution is 5.95. The maximum atomic E-state index is 12.6. The van der Waals surface area contributed by atoms with Gasteiger partial charge in [-0.05, 0) is 38.3 Å². The molecule has 24 heavy (non-hydrogen) atoms. The van der Waals surface area contributed by atoms with Gasteiger partial charge in [-0.15, -0.1) is 0 Å². The zero-order valence-corrected chi connectivity index (χ0v) is 14.2. The normalized spacial score (nSPS) is 24.7. The van der Waals surface area contributed by atoms with Gasteiger partial charge in [-0.1, -0.05) is 12.8 Å². The summed E-state index contributed by atoms with van der Waals surface area (Å²) in [5.74, 6) is -0.0485. The molecule has 2 fully saturated rings. The predicted molar refractivity (Wildman–Crippen MR) is 91.2 cm³/mol. The third kappa shape index (κ3) is 3.37. The van der Waals surface area contributed by atoms with Crippen molar-refractivity contribution in [1.82, 2.24) is 9.88 Å². The summed E-state index contributed by atoms with van der Waals surface area (Å²) in [6.07, 6.45) is 7.02. The molecule has 6 heteroatoms. The molecule has 0 saturated carbocycles. The first kappa shape index (κ1) is 16.7. The topological polar surface area (TPSA) is 73.7 Å². The number of carbonyl (C=O) groups excluding carboxylic acids is 1. The summed E-state index contributed by atoms with van der Waals surface area (Å²) >= 11 is 0. The molecule has 0 radical (unpaired) electrons. The van der Waals surface area contributed by atoms with Crippen molar-refractivity contribution in [2.75, 3.05) is 31.1 Å². The van der Waals surface area contributed by atoms with E-state index < -0.39 is 11.4 Å². The number of nitrogens with zero attached hydrogens (tertiary/aromatic N) is 3. The average molecular weight is 331 g/mol. The molecule has 130 valence electrons. The van der Waals surface area contributed by atoms with Gasteiger partial charge in [0.1, 0.15) is 5.82 Å². The van der Waals surface area contributed by atoms with Gasteiger partial charge in [-0.25, -0.2) is 4.98 Å². The molecule has 0 bridgehead atoms. The van der Waals surface area contributed by atoms with E-state index in [9.17, 15) is 14.7 Å². The van der Waals surface area contributed by atoms with Crippen LogP contribution in [0.3, 0.4) is 0 Å². The van der Waals surface area contributed by atoms with Crippen LogP contribution in [0.1, 0.15) is 49.4 Å². The minimum atomic E-state index is -0.840. The standard InChI is InChI=1S/C18H25N3O3/c1-18(17(23)24)8-11-21(13-18)16(22)14-6-7-15(19-12-14)20-9-4-2-3-5-10-20/h6-7,12H,2-5,8-11,13H2,1H3,(H,23,24). The number of amides is 1. The monoisotopic (exact) mass is 331 g/mol. The number of aromatic nitrogens is 1. The van der Waals surface area contributed by atoms with E-state index >= 15 is 0 Å². The molecule has 2 aliphatic rings. The van der Waals surface area contributed by atoms with Crippen molar-refractivity contribution >= 4 is 17.7 Å². The van der Waals surface area contributed by atoms with Crippen molar-refractivity contribution in [3.05, 3.63) is 23.9 Å². The molecular weight excluding hydrogens is 306 g/mol. The third-order valence-corrected chi connectivity index (χ3v) is 5.20. The van der Waals surface area contributed by atoms with E-state index in [1.165, 1.54) is 25.7 Å². The summed E-state index contributed by atoms with van der Waals surface area (Å²) in [6, 6.07) is 3.72. The number of rotatable bonds is 3. The van der Waals surface area contributed by atoms with Crippen molar-refractivity contribution in [1.29, 1.82) is 0 Å². The Hall–Kier alpha value is -2.11. The highest BCUT2D eigenvalue weighted by Crippen LogP contribution is 2.31. The molecular formula is C18H25N3O3. The Kier molecular flexibility index (Phi) is 4.73. The Labute approximate surface area is 142 Å². The lowest BCUT2D eigenvalue weighted by Crippen LogP contribution is -2.35. The molecule has 2 saturated heterocycles. The van der Waals surface area contributed by atoms with Gasteiger partial charge in [-0.3, -0.25) is 9.59 Å². The largest absolute Gasteiger partial charge is 0.481 e. The highest BCUT2D eigenvalue weighted by atomic mass is 16.4. The fourth-order valence-corrected chi connectivity index (χ4v) is 3.49. The van der Waals surface area contributed by atoms with E-state index in [0.717, 1.165) is 18.9 Å². The number of pyridine rings is 1. The lowest BCUT2D eigenvalue weighted by atomic mass is 9.90. The molecule has 0 spiro atoms. The number of carbonyl (C=O) groups is 2. The number of carboxylic acid groups (broad SMARTS) is 1. The van der Waals surface area contributed by atoms with Gasteiger partial charge in [0.25, 0.3) is 5.91 Å². The summed E-state index contributed by atoms with van der Waals surface area (Å²) in [5, 5.41) is 9.29. The van der Waals surface area contributed by atoms with Crippen LogP contribution in [0, 0.1) is 5.41 Å². The smallest absolute Gasteiger partial charge is 0.311 e. The van der Waals surface area contributed by atoms with Crippen molar-refractivity contribution in [3.8, 4) is 0 Å². The van der Waals surface area contributed by atoms with Crippen LogP contribution in [0.2, 0.25) is 0 Å². The van der Waals surface area contributed by atoms with Gasteiger partial charge in [0, 0.05) is 32.4 Å². The SMILES string of the molecule is CC1(C(=O)O)CCN(C(=O)c2ccc(N3CCCCCC3)nc2)C1. The van der Waals surface area contributed by atoms with Crippen LogP contribution < -0.4 is 4.90 Å². The number of carboxylic acids is 1. The van der Waals surface area contributed by atoms with Gasteiger partial charge < -0.3 is 14.9 Å². The quantitative estimate of drug-likeness (QED) is 0.920. The Morgan fingerprint density at radius 1 is 1.12 bits per heavy atom. The van der Waals surface area contributed by atoms with Crippen LogP contribution >= 0.6 is 0 Å². The van der Waals surface area contributed by atoms with Gasteiger partial charge in [0.15, 0.2) is 0 Å². The molecule has 0 aliphatic carbocycles. The molecule has 1 N–H and O–H groups in total. The molecule has 1 aromatic heterocycles. The Bertz CT molecular complexity index is 608. The Balaban J connectivity index is 1.67. The van der Waals surface area contributed by atoms with Crippen LogP contribution in [0.4, 0.5) is 5.82 Å². The summed E-state index contributed by atoms with van der Waals surface area (Å²) in [7, 11) is 0. The second-order valence-electron chi connectivity index (χ2n) is 7.15. The zero-order chi connectivity index (χ0) is 17.2. The van der Waals surface area contributed by atoms with E-state index in [-0.39, 0.29) is 12.5 Å². The van der Waals surface area contributed by atoms with Crippen LogP contribution in [-0.2, 0) is 4.79 Å². The van der Waals surface area contributed by atoms with Crippen LogP contribution in [0.15, 0.2) is 18.3 Å². The number of anilines is 1. The van der Waals surface area contributed by atoms with Crippen molar-refractivity contribution in [2.45, 2.75) is 39.0 Å². The minimum absolute atomic E-state index is 0.130. The van der Waals surface area contributed by atoms with Crippen molar-refractivity contribution in [3.63, 3.8) is 0 Å². The van der Waals surface area contributed by atoms with E-state index in [1.807, 2.05) is 12.1 Å². The summed E-state index contributed by atoms with van der Waals surface area (Å²) in [4.78, 5) is 32.3. The Morgan fingerprint density at radius 2 is 1.83 bits per heavy atom. The number of hydrogen-bond donors (Lipinski definition) is 1. The summed E-state index contributed by atoms with van der Waals surface area (Å²) < 4.78 is 0. The average Bonchev–Trinajstić information content (AvgIpc) is 2.82. The molecule has 0 aromatic carbocycles. The second-order valence-corrected chi connectivity index (χ2v) is 7.15. The molecule has 2 aliphatic heterocycles. The first-order chi connectivity index (χ1) is 11.5. The van der Waals surface area contributed by atoms with Gasteiger partial charge >= 0.3 is 5.97 Å². The number of aliphatic carboxylic acids is 1. The van der Waals surface area contributed by atoms with E-state index in [1.54, 1.807) is 18.0 Å². The highest BCUT2D eigenvalue weighted by Gasteiger charge is 2.42. The van der Waals surface area contributed by atoms with Crippen molar-refractivity contribution < 1.29 is 14.7 Å². The van der Waals surface area contributed by atoms with Crippen LogP contribution in [-0.4, -0.2) is 53.0 Å². The molecule has 1 aromatic rings. The predicted octanol–water partition coefficient (Wildman–Crippen LogP) is 2.40. The summed E-state index contributed by atoms with van der Waals surface area (Å²) in [6.45, 7) is 4.47. The van der Waals surface area contributed by atoms with Gasteiger partial charge in [0.2, 0.25) is 0 Å². The first-order valence-electron chi connectivity index (χ1n) is 8.73. The van der Waals surface area contributed by atoms with E-state index in [4.69, 9.17) is 0 Å². The van der Waals surface area contributed by atoms with Gasteiger partial charge in [0.05, 0.1) is 11.0 Å². The lowest BCUT2D eigenvalue weighted by Gasteiger charge is -2.22. The van der Waals surface area contributed by atoms with Crippen molar-refractivity contribution in [2.24, 2.45) is 5.41 Å². The van der Waals surface area contributed by atoms with E-state index in [2.05, 4.69) is 9.88 Å². The molecule has 1 atom stereocenters. The maximum Gasteiger partial charge on any atom is 0.311 e. The molecule has 6 nitrogen and oxygen atoms in total. The molecule has 1 unspecified atom stereocenters. The lowest BCUT2D eigenvalue weighted by molar-refractivity contribution is -0.147.